The molecule has 0 amide bonds. The average Bonchev–Trinajstić information content (AvgIpc) is 2.53. The number of fused-ring (bicyclic) bond motifs is 1. The molecule has 1 saturated carbocycles. The van der Waals surface area contributed by atoms with Gasteiger partial charge in [0.1, 0.15) is 5.82 Å². The van der Waals surface area contributed by atoms with Crippen LogP contribution in [0.1, 0.15) is 51.6 Å². The summed E-state index contributed by atoms with van der Waals surface area (Å²) in [5.41, 5.74) is 1.16. The number of anilines is 1. The highest BCUT2D eigenvalue weighted by Crippen LogP contribution is 2.37. The number of hydrogen-bond acceptors (Lipinski definition) is 3. The van der Waals surface area contributed by atoms with Crippen LogP contribution in [0.25, 0.3) is 0 Å². The van der Waals surface area contributed by atoms with Crippen molar-refractivity contribution in [1.29, 1.82) is 0 Å². The van der Waals surface area contributed by atoms with Gasteiger partial charge in [0.15, 0.2) is 0 Å². The molecule has 2 fully saturated rings. The lowest BCUT2D eigenvalue weighted by Crippen LogP contribution is -2.42. The van der Waals surface area contributed by atoms with Gasteiger partial charge >= 0.3 is 0 Å². The molecule has 0 aromatic carbocycles. The Morgan fingerprint density at radius 3 is 2.81 bits per heavy atom. The van der Waals surface area contributed by atoms with Gasteiger partial charge in [-0.25, -0.2) is 4.98 Å². The van der Waals surface area contributed by atoms with E-state index in [0.29, 0.717) is 6.04 Å². The molecular weight excluding hydrogens is 258 g/mol. The molecule has 1 N–H and O–H groups in total. The van der Waals surface area contributed by atoms with Crippen molar-refractivity contribution in [2.24, 2.45) is 11.8 Å². The molecule has 3 rings (SSSR count). The van der Waals surface area contributed by atoms with E-state index in [2.05, 4.69) is 42.3 Å². The lowest BCUT2D eigenvalue weighted by atomic mass is 9.75. The molecule has 3 nitrogen and oxygen atoms in total. The molecule has 1 saturated heterocycles. The van der Waals surface area contributed by atoms with Crippen LogP contribution in [0.2, 0.25) is 0 Å². The van der Waals surface area contributed by atoms with Gasteiger partial charge in [-0.2, -0.15) is 0 Å². The fourth-order valence-corrected chi connectivity index (χ4v) is 3.86. The van der Waals surface area contributed by atoms with Gasteiger partial charge in [0.05, 0.1) is 5.69 Å². The van der Waals surface area contributed by atoms with E-state index in [0.717, 1.165) is 24.1 Å². The average molecular weight is 287 g/mol. The standard InChI is InChI=1S/C18H29N3/c1-14(2)19-12-17-8-5-9-18(20-17)21-11-10-15-6-3-4-7-16(15)13-21/h5,8-9,14-16,19H,3-4,6-7,10-13H2,1-2H3. The highest BCUT2D eigenvalue weighted by atomic mass is 15.2. The van der Waals surface area contributed by atoms with E-state index in [-0.39, 0.29) is 0 Å². The molecule has 0 radical (unpaired) electrons. The summed E-state index contributed by atoms with van der Waals surface area (Å²) in [5, 5.41) is 3.46. The van der Waals surface area contributed by atoms with Crippen LogP contribution in [0, 0.1) is 11.8 Å². The fourth-order valence-electron chi connectivity index (χ4n) is 3.86. The van der Waals surface area contributed by atoms with Crippen molar-refractivity contribution in [1.82, 2.24) is 10.3 Å². The smallest absolute Gasteiger partial charge is 0.128 e. The topological polar surface area (TPSA) is 28.2 Å². The first kappa shape index (κ1) is 14.8. The van der Waals surface area contributed by atoms with Gasteiger partial charge in [-0.15, -0.1) is 0 Å². The first-order valence-electron chi connectivity index (χ1n) is 8.66. The Hall–Kier alpha value is -1.09. The highest BCUT2D eigenvalue weighted by Gasteiger charge is 2.31. The van der Waals surface area contributed by atoms with Crippen molar-refractivity contribution < 1.29 is 0 Å². The molecule has 116 valence electrons. The summed E-state index contributed by atoms with van der Waals surface area (Å²) in [5.74, 6) is 3.08. The monoisotopic (exact) mass is 287 g/mol. The summed E-state index contributed by atoms with van der Waals surface area (Å²) < 4.78 is 0. The zero-order valence-electron chi connectivity index (χ0n) is 13.5. The zero-order valence-corrected chi connectivity index (χ0v) is 13.5. The van der Waals surface area contributed by atoms with E-state index in [4.69, 9.17) is 4.98 Å². The lowest BCUT2D eigenvalue weighted by Gasteiger charge is -2.41. The number of aromatic nitrogens is 1. The molecule has 2 unspecified atom stereocenters. The summed E-state index contributed by atoms with van der Waals surface area (Å²) in [6, 6.07) is 6.98. The van der Waals surface area contributed by atoms with Gasteiger partial charge in [-0.1, -0.05) is 39.2 Å². The lowest BCUT2D eigenvalue weighted by molar-refractivity contribution is 0.202. The van der Waals surface area contributed by atoms with Gasteiger partial charge in [0.25, 0.3) is 0 Å². The predicted octanol–water partition coefficient (Wildman–Crippen LogP) is 3.60. The second-order valence-electron chi connectivity index (χ2n) is 7.06. The summed E-state index contributed by atoms with van der Waals surface area (Å²) in [6.45, 7) is 7.63. The molecule has 1 aromatic heterocycles. The quantitative estimate of drug-likeness (QED) is 0.917. The van der Waals surface area contributed by atoms with Crippen LogP contribution in [0.4, 0.5) is 5.82 Å². The van der Waals surface area contributed by atoms with Gasteiger partial charge in [0.2, 0.25) is 0 Å². The third-order valence-corrected chi connectivity index (χ3v) is 5.10. The number of rotatable bonds is 4. The molecule has 21 heavy (non-hydrogen) atoms. The van der Waals surface area contributed by atoms with E-state index < -0.39 is 0 Å². The molecule has 1 aliphatic heterocycles. The van der Waals surface area contributed by atoms with Crippen molar-refractivity contribution >= 4 is 5.82 Å². The normalized spacial score (nSPS) is 26.0. The van der Waals surface area contributed by atoms with Crippen molar-refractivity contribution in [3.8, 4) is 0 Å². The highest BCUT2D eigenvalue weighted by molar-refractivity contribution is 5.40. The molecule has 2 aliphatic rings. The predicted molar refractivity (Wildman–Crippen MR) is 88.5 cm³/mol. The zero-order chi connectivity index (χ0) is 14.7. The van der Waals surface area contributed by atoms with Crippen LogP contribution in [-0.4, -0.2) is 24.1 Å². The molecule has 1 aromatic rings. The second-order valence-corrected chi connectivity index (χ2v) is 7.06. The summed E-state index contributed by atoms with van der Waals surface area (Å²) in [6.07, 6.45) is 7.14. The van der Waals surface area contributed by atoms with E-state index in [9.17, 15) is 0 Å². The SMILES string of the molecule is CC(C)NCc1cccc(N2CCC3CCCCC3C2)n1. The van der Waals surface area contributed by atoms with E-state index in [1.54, 1.807) is 0 Å². The first-order valence-corrected chi connectivity index (χ1v) is 8.66. The van der Waals surface area contributed by atoms with Crippen LogP contribution < -0.4 is 10.2 Å². The third-order valence-electron chi connectivity index (χ3n) is 5.10. The Kier molecular flexibility index (Phi) is 4.79. The maximum atomic E-state index is 4.87. The van der Waals surface area contributed by atoms with E-state index in [1.165, 1.54) is 51.0 Å². The Balaban J connectivity index is 1.64. The molecular formula is C18H29N3. The largest absolute Gasteiger partial charge is 0.356 e. The van der Waals surface area contributed by atoms with E-state index >= 15 is 0 Å². The van der Waals surface area contributed by atoms with Crippen LogP contribution in [0.5, 0.6) is 0 Å². The van der Waals surface area contributed by atoms with Crippen molar-refractivity contribution in [3.05, 3.63) is 23.9 Å². The summed E-state index contributed by atoms with van der Waals surface area (Å²) >= 11 is 0. The molecule has 1 aliphatic carbocycles. The summed E-state index contributed by atoms with van der Waals surface area (Å²) in [4.78, 5) is 7.39. The molecule has 3 heteroatoms. The van der Waals surface area contributed by atoms with Crippen molar-refractivity contribution in [2.45, 2.75) is 58.5 Å². The third kappa shape index (κ3) is 3.76. The maximum Gasteiger partial charge on any atom is 0.128 e. The fraction of sp³-hybridized carbons (Fsp3) is 0.722. The molecule has 2 heterocycles. The number of hydrogen-bond donors (Lipinski definition) is 1. The molecule has 0 bridgehead atoms. The number of pyridine rings is 1. The van der Waals surface area contributed by atoms with Crippen LogP contribution in [0.15, 0.2) is 18.2 Å². The maximum absolute atomic E-state index is 4.87. The minimum atomic E-state index is 0.508. The van der Waals surface area contributed by atoms with Gasteiger partial charge in [0, 0.05) is 25.7 Å². The Morgan fingerprint density at radius 2 is 2.00 bits per heavy atom. The van der Waals surface area contributed by atoms with Gasteiger partial charge < -0.3 is 10.2 Å². The summed E-state index contributed by atoms with van der Waals surface area (Å²) in [7, 11) is 0. The Labute approximate surface area is 129 Å². The van der Waals surface area contributed by atoms with Gasteiger partial charge in [-0.3, -0.25) is 0 Å². The number of piperidine rings is 1. The first-order chi connectivity index (χ1) is 10.2. The Morgan fingerprint density at radius 1 is 1.19 bits per heavy atom. The molecule has 2 atom stereocenters. The Bertz CT molecular complexity index is 458. The van der Waals surface area contributed by atoms with Crippen molar-refractivity contribution in [3.63, 3.8) is 0 Å². The van der Waals surface area contributed by atoms with E-state index in [1.807, 2.05) is 0 Å². The second kappa shape index (κ2) is 6.78. The van der Waals surface area contributed by atoms with Crippen LogP contribution in [0.3, 0.4) is 0 Å². The molecule has 0 spiro atoms. The minimum absolute atomic E-state index is 0.508. The van der Waals surface area contributed by atoms with Crippen molar-refractivity contribution in [2.75, 3.05) is 18.0 Å². The number of nitrogens with zero attached hydrogens (tertiary/aromatic N) is 2. The van der Waals surface area contributed by atoms with Gasteiger partial charge in [-0.05, 0) is 36.8 Å². The number of nitrogens with one attached hydrogen (secondary N) is 1. The van der Waals surface area contributed by atoms with Crippen LogP contribution in [-0.2, 0) is 6.54 Å². The van der Waals surface area contributed by atoms with Crippen LogP contribution >= 0.6 is 0 Å². The minimum Gasteiger partial charge on any atom is -0.356 e.